The average molecular weight is 361 g/mol. The monoisotopic (exact) mass is 360 g/mol. The molecule has 1 saturated heterocycles. The van der Waals surface area contributed by atoms with Crippen LogP contribution in [-0.2, 0) is 20.9 Å². The fourth-order valence-corrected chi connectivity index (χ4v) is 2.53. The summed E-state index contributed by atoms with van der Waals surface area (Å²) >= 11 is 5.81. The third kappa shape index (κ3) is 4.71. The molecule has 1 aliphatic heterocycles. The van der Waals surface area contributed by atoms with E-state index >= 15 is 0 Å². The lowest BCUT2D eigenvalue weighted by atomic mass is 10.2. The van der Waals surface area contributed by atoms with Crippen molar-refractivity contribution in [3.05, 3.63) is 59.1 Å². The zero-order valence-corrected chi connectivity index (χ0v) is 14.2. The third-order valence-electron chi connectivity index (χ3n) is 3.69. The van der Waals surface area contributed by atoms with Gasteiger partial charge in [-0.1, -0.05) is 23.7 Å². The molecule has 1 fully saturated rings. The van der Waals surface area contributed by atoms with Gasteiger partial charge in [0.05, 0.1) is 6.61 Å². The summed E-state index contributed by atoms with van der Waals surface area (Å²) in [7, 11) is 0. The number of anilines is 2. The number of ether oxygens (including phenoxy) is 2. The van der Waals surface area contributed by atoms with Crippen LogP contribution < -0.4 is 10.2 Å². The van der Waals surface area contributed by atoms with Gasteiger partial charge < -0.3 is 14.4 Å². The van der Waals surface area contributed by atoms with Crippen LogP contribution in [0.4, 0.5) is 16.2 Å². The Hall–Kier alpha value is -2.57. The Balaban J connectivity index is 1.53. The second-order valence-corrected chi connectivity index (χ2v) is 5.91. The zero-order chi connectivity index (χ0) is 17.6. The van der Waals surface area contributed by atoms with Crippen LogP contribution in [0, 0.1) is 0 Å². The first-order chi connectivity index (χ1) is 12.1. The normalized spacial score (nSPS) is 14.3. The second-order valence-electron chi connectivity index (χ2n) is 5.47. The molecule has 0 aliphatic carbocycles. The van der Waals surface area contributed by atoms with Crippen molar-refractivity contribution in [2.45, 2.75) is 6.61 Å². The summed E-state index contributed by atoms with van der Waals surface area (Å²) in [5.74, 6) is -0.0747. The molecule has 0 unspecified atom stereocenters. The largest absolute Gasteiger partial charge is 0.444 e. The summed E-state index contributed by atoms with van der Waals surface area (Å²) in [6, 6.07) is 14.1. The van der Waals surface area contributed by atoms with Crippen LogP contribution in [0.5, 0.6) is 0 Å². The topological polar surface area (TPSA) is 67.9 Å². The maximum absolute atomic E-state index is 11.9. The van der Waals surface area contributed by atoms with Crippen molar-refractivity contribution in [2.75, 3.05) is 30.0 Å². The maximum atomic E-state index is 11.9. The highest BCUT2D eigenvalue weighted by Gasteiger charge is 2.19. The number of nitrogens with one attached hydrogen (secondary N) is 1. The van der Waals surface area contributed by atoms with Gasteiger partial charge in [0.25, 0.3) is 5.91 Å². The van der Waals surface area contributed by atoms with E-state index in [-0.39, 0.29) is 19.1 Å². The summed E-state index contributed by atoms with van der Waals surface area (Å²) in [5.41, 5.74) is 2.21. The van der Waals surface area contributed by atoms with E-state index in [4.69, 9.17) is 21.1 Å². The molecule has 25 heavy (non-hydrogen) atoms. The van der Waals surface area contributed by atoms with Crippen molar-refractivity contribution in [3.8, 4) is 0 Å². The molecule has 0 saturated carbocycles. The minimum atomic E-state index is -0.551. The number of amides is 2. The molecule has 0 aromatic heterocycles. The van der Waals surface area contributed by atoms with Crippen LogP contribution in [0.2, 0.25) is 5.02 Å². The quantitative estimate of drug-likeness (QED) is 0.906. The highest BCUT2D eigenvalue weighted by molar-refractivity contribution is 6.30. The molecule has 2 amide bonds. The fourth-order valence-electron chi connectivity index (χ4n) is 2.40. The lowest BCUT2D eigenvalue weighted by molar-refractivity contribution is -0.125. The van der Waals surface area contributed by atoms with Crippen molar-refractivity contribution >= 4 is 35.0 Å². The van der Waals surface area contributed by atoms with E-state index in [2.05, 4.69) is 5.32 Å². The van der Waals surface area contributed by atoms with Gasteiger partial charge in [-0.3, -0.25) is 10.1 Å². The number of morpholine rings is 1. The Kier molecular flexibility index (Phi) is 5.53. The minimum Gasteiger partial charge on any atom is -0.444 e. The molecule has 6 nitrogen and oxygen atoms in total. The number of hydrogen-bond donors (Lipinski definition) is 1. The highest BCUT2D eigenvalue weighted by atomic mass is 35.5. The molecule has 2 aromatic carbocycles. The van der Waals surface area contributed by atoms with Crippen molar-refractivity contribution in [3.63, 3.8) is 0 Å². The Morgan fingerprint density at radius 2 is 1.88 bits per heavy atom. The van der Waals surface area contributed by atoms with Crippen molar-refractivity contribution in [2.24, 2.45) is 0 Å². The number of hydrogen-bond acceptors (Lipinski definition) is 4. The Bertz CT molecular complexity index is 747. The molecule has 7 heteroatoms. The van der Waals surface area contributed by atoms with Crippen LogP contribution in [0.25, 0.3) is 0 Å². The lowest BCUT2D eigenvalue weighted by Crippen LogP contribution is -2.41. The van der Waals surface area contributed by atoms with Gasteiger partial charge in [-0.15, -0.1) is 0 Å². The van der Waals surface area contributed by atoms with E-state index in [0.717, 1.165) is 11.3 Å². The summed E-state index contributed by atoms with van der Waals surface area (Å²) in [6.45, 7) is 1.29. The Morgan fingerprint density at radius 1 is 1.16 bits per heavy atom. The molecule has 1 heterocycles. The van der Waals surface area contributed by atoms with Crippen LogP contribution >= 0.6 is 11.6 Å². The van der Waals surface area contributed by atoms with E-state index in [0.29, 0.717) is 23.9 Å². The molecule has 1 aliphatic rings. The first kappa shape index (κ1) is 17.3. The van der Waals surface area contributed by atoms with Gasteiger partial charge in [0, 0.05) is 22.9 Å². The smallest absolute Gasteiger partial charge is 0.411 e. The lowest BCUT2D eigenvalue weighted by Gasteiger charge is -2.26. The van der Waals surface area contributed by atoms with E-state index in [1.807, 2.05) is 0 Å². The number of halogens is 1. The Labute approximate surface area is 150 Å². The first-order valence-corrected chi connectivity index (χ1v) is 8.16. The predicted octanol–water partition coefficient (Wildman–Crippen LogP) is 3.45. The van der Waals surface area contributed by atoms with E-state index in [1.54, 1.807) is 53.4 Å². The standard InChI is InChI=1S/C18H17ClN2O4/c19-14-3-1-13(2-4-14)11-25-18(23)20-15-5-7-16(8-6-15)21-9-10-24-12-17(21)22/h1-8H,9-12H2,(H,20,23). The Morgan fingerprint density at radius 3 is 2.56 bits per heavy atom. The summed E-state index contributed by atoms with van der Waals surface area (Å²) in [4.78, 5) is 25.3. The maximum Gasteiger partial charge on any atom is 0.411 e. The number of carbonyl (C=O) groups excluding carboxylic acids is 2. The van der Waals surface area contributed by atoms with Crippen molar-refractivity contribution in [1.29, 1.82) is 0 Å². The molecule has 0 radical (unpaired) electrons. The van der Waals surface area contributed by atoms with Gasteiger partial charge in [-0.25, -0.2) is 4.79 Å². The van der Waals surface area contributed by atoms with Gasteiger partial charge in [0.15, 0.2) is 0 Å². The first-order valence-electron chi connectivity index (χ1n) is 7.78. The summed E-state index contributed by atoms with van der Waals surface area (Å²) in [5, 5.41) is 3.28. The molecular formula is C18H17ClN2O4. The van der Waals surface area contributed by atoms with Crippen molar-refractivity contribution < 1.29 is 19.1 Å². The molecule has 0 atom stereocenters. The van der Waals surface area contributed by atoms with E-state index < -0.39 is 6.09 Å². The predicted molar refractivity (Wildman–Crippen MR) is 94.9 cm³/mol. The number of nitrogens with zero attached hydrogens (tertiary/aromatic N) is 1. The number of carbonyl (C=O) groups is 2. The van der Waals surface area contributed by atoms with Gasteiger partial charge in [-0.2, -0.15) is 0 Å². The summed E-state index contributed by atoms with van der Waals surface area (Å²) < 4.78 is 10.3. The van der Waals surface area contributed by atoms with E-state index in [9.17, 15) is 9.59 Å². The molecule has 0 bridgehead atoms. The summed E-state index contributed by atoms with van der Waals surface area (Å²) in [6.07, 6.45) is -0.551. The molecular weight excluding hydrogens is 344 g/mol. The second kappa shape index (κ2) is 8.00. The van der Waals surface area contributed by atoms with Crippen molar-refractivity contribution in [1.82, 2.24) is 0 Å². The van der Waals surface area contributed by atoms with Gasteiger partial charge >= 0.3 is 6.09 Å². The molecule has 3 rings (SSSR count). The minimum absolute atomic E-state index is 0.0747. The zero-order valence-electron chi connectivity index (χ0n) is 13.4. The highest BCUT2D eigenvalue weighted by Crippen LogP contribution is 2.20. The van der Waals surface area contributed by atoms with Crippen LogP contribution in [-0.4, -0.2) is 31.8 Å². The van der Waals surface area contributed by atoms with Gasteiger partial charge in [-0.05, 0) is 42.0 Å². The van der Waals surface area contributed by atoms with Crippen LogP contribution in [0.3, 0.4) is 0 Å². The molecule has 130 valence electrons. The third-order valence-corrected chi connectivity index (χ3v) is 3.95. The average Bonchev–Trinajstić information content (AvgIpc) is 2.62. The molecule has 0 spiro atoms. The van der Waals surface area contributed by atoms with Crippen LogP contribution in [0.15, 0.2) is 48.5 Å². The molecule has 2 aromatic rings. The number of rotatable bonds is 4. The van der Waals surface area contributed by atoms with Crippen LogP contribution in [0.1, 0.15) is 5.56 Å². The van der Waals surface area contributed by atoms with Gasteiger partial charge in [0.1, 0.15) is 13.2 Å². The van der Waals surface area contributed by atoms with E-state index in [1.165, 1.54) is 0 Å². The molecule has 1 N–H and O–H groups in total. The SMILES string of the molecule is O=C(Nc1ccc(N2CCOCC2=O)cc1)OCc1ccc(Cl)cc1. The fraction of sp³-hybridized carbons (Fsp3) is 0.222. The number of benzene rings is 2. The van der Waals surface area contributed by atoms with Gasteiger partial charge in [0.2, 0.25) is 0 Å².